The zero-order valence-electron chi connectivity index (χ0n) is 14.1. The van der Waals surface area contributed by atoms with Crippen molar-refractivity contribution in [2.24, 2.45) is 11.8 Å². The van der Waals surface area contributed by atoms with Gasteiger partial charge in [-0.05, 0) is 31.6 Å². The van der Waals surface area contributed by atoms with Crippen molar-refractivity contribution in [3.63, 3.8) is 0 Å². The highest BCUT2D eigenvalue weighted by atomic mass is 16.5. The summed E-state index contributed by atoms with van der Waals surface area (Å²) in [6.45, 7) is 6.02. The lowest BCUT2D eigenvalue weighted by Crippen LogP contribution is -2.40. The Kier molecular flexibility index (Phi) is 4.98. The summed E-state index contributed by atoms with van der Waals surface area (Å²) in [6.07, 6.45) is 6.03. The first-order chi connectivity index (χ1) is 11.2. The molecule has 6 nitrogen and oxygen atoms in total. The van der Waals surface area contributed by atoms with Crippen molar-refractivity contribution in [3.05, 3.63) is 12.4 Å². The lowest BCUT2D eigenvalue weighted by Gasteiger charge is -2.34. The molecule has 23 heavy (non-hydrogen) atoms. The van der Waals surface area contributed by atoms with Crippen molar-refractivity contribution in [1.29, 1.82) is 0 Å². The Morgan fingerprint density at radius 3 is 2.43 bits per heavy atom. The third kappa shape index (κ3) is 3.74. The molecule has 2 atom stereocenters. The average molecular weight is 318 g/mol. The van der Waals surface area contributed by atoms with Gasteiger partial charge in [0.05, 0.1) is 13.0 Å². The van der Waals surface area contributed by atoms with Gasteiger partial charge >= 0.3 is 5.97 Å². The second-order valence-corrected chi connectivity index (χ2v) is 6.74. The maximum absolute atomic E-state index is 11.8. The van der Waals surface area contributed by atoms with Crippen molar-refractivity contribution >= 4 is 17.6 Å². The molecule has 1 aromatic rings. The van der Waals surface area contributed by atoms with Crippen LogP contribution in [0.1, 0.15) is 32.6 Å². The van der Waals surface area contributed by atoms with E-state index in [1.165, 1.54) is 20.0 Å². The molecule has 0 aliphatic carbocycles. The minimum absolute atomic E-state index is 0.0535. The SMILES string of the molecule is COC(=O)[C@@H]1CCCN(c2cc(N3CCCC(C)C3)ncn2)C1. The topological polar surface area (TPSA) is 58.6 Å². The number of carbonyl (C=O) groups excluding carboxylic acids is 1. The Balaban J connectivity index is 1.72. The summed E-state index contributed by atoms with van der Waals surface area (Å²) in [5, 5.41) is 0. The Morgan fingerprint density at radius 1 is 1.13 bits per heavy atom. The number of esters is 1. The summed E-state index contributed by atoms with van der Waals surface area (Å²) in [6, 6.07) is 2.07. The Bertz CT molecular complexity index is 551. The van der Waals surface area contributed by atoms with E-state index in [-0.39, 0.29) is 11.9 Å². The average Bonchev–Trinajstić information content (AvgIpc) is 2.61. The first kappa shape index (κ1) is 16.0. The number of methoxy groups -OCH3 is 1. The maximum atomic E-state index is 11.8. The highest BCUT2D eigenvalue weighted by Gasteiger charge is 2.27. The van der Waals surface area contributed by atoms with E-state index in [0.29, 0.717) is 12.5 Å². The largest absolute Gasteiger partial charge is 0.469 e. The summed E-state index contributed by atoms with van der Waals surface area (Å²) < 4.78 is 4.90. The van der Waals surface area contributed by atoms with E-state index in [1.807, 2.05) is 0 Å². The Morgan fingerprint density at radius 2 is 1.78 bits per heavy atom. The molecule has 1 aromatic heterocycles. The minimum atomic E-state index is -0.117. The fourth-order valence-corrected chi connectivity index (χ4v) is 3.62. The van der Waals surface area contributed by atoms with E-state index >= 15 is 0 Å². The van der Waals surface area contributed by atoms with Gasteiger partial charge in [0.25, 0.3) is 0 Å². The van der Waals surface area contributed by atoms with Crippen molar-refractivity contribution in [2.45, 2.75) is 32.6 Å². The first-order valence-corrected chi connectivity index (χ1v) is 8.57. The molecule has 0 aromatic carbocycles. The molecule has 0 radical (unpaired) electrons. The van der Waals surface area contributed by atoms with E-state index in [2.05, 4.69) is 32.8 Å². The zero-order chi connectivity index (χ0) is 16.2. The van der Waals surface area contributed by atoms with Gasteiger partial charge in [0.1, 0.15) is 18.0 Å². The number of hydrogen-bond donors (Lipinski definition) is 0. The van der Waals surface area contributed by atoms with Crippen LogP contribution in [0.5, 0.6) is 0 Å². The van der Waals surface area contributed by atoms with Gasteiger partial charge in [-0.25, -0.2) is 9.97 Å². The number of ether oxygens (including phenoxy) is 1. The summed E-state index contributed by atoms with van der Waals surface area (Å²) in [5.41, 5.74) is 0. The van der Waals surface area contributed by atoms with Gasteiger partial charge in [0, 0.05) is 32.2 Å². The third-order valence-electron chi connectivity index (χ3n) is 4.90. The molecule has 2 fully saturated rings. The van der Waals surface area contributed by atoms with Crippen LogP contribution in [-0.4, -0.2) is 49.2 Å². The number of carbonyl (C=O) groups is 1. The van der Waals surface area contributed by atoms with E-state index in [0.717, 1.165) is 44.1 Å². The third-order valence-corrected chi connectivity index (χ3v) is 4.90. The molecule has 0 saturated carbocycles. The van der Waals surface area contributed by atoms with Crippen molar-refractivity contribution in [3.8, 4) is 0 Å². The van der Waals surface area contributed by atoms with Crippen LogP contribution in [-0.2, 0) is 9.53 Å². The molecule has 3 heterocycles. The van der Waals surface area contributed by atoms with Gasteiger partial charge in [0.2, 0.25) is 0 Å². The smallest absolute Gasteiger partial charge is 0.310 e. The van der Waals surface area contributed by atoms with Crippen LogP contribution in [0.15, 0.2) is 12.4 Å². The van der Waals surface area contributed by atoms with Crippen LogP contribution in [0.25, 0.3) is 0 Å². The number of nitrogens with zero attached hydrogens (tertiary/aromatic N) is 4. The highest BCUT2D eigenvalue weighted by molar-refractivity contribution is 5.73. The van der Waals surface area contributed by atoms with Crippen molar-refractivity contribution < 1.29 is 9.53 Å². The van der Waals surface area contributed by atoms with Gasteiger partial charge in [-0.2, -0.15) is 0 Å². The number of rotatable bonds is 3. The molecule has 0 amide bonds. The normalized spacial score (nSPS) is 25.3. The molecular weight excluding hydrogens is 292 g/mol. The molecule has 2 aliphatic rings. The minimum Gasteiger partial charge on any atom is -0.469 e. The first-order valence-electron chi connectivity index (χ1n) is 8.57. The van der Waals surface area contributed by atoms with E-state index < -0.39 is 0 Å². The monoisotopic (exact) mass is 318 g/mol. The van der Waals surface area contributed by atoms with Crippen molar-refractivity contribution in [1.82, 2.24) is 9.97 Å². The lowest BCUT2D eigenvalue weighted by atomic mass is 9.98. The quantitative estimate of drug-likeness (QED) is 0.796. The van der Waals surface area contributed by atoms with E-state index in [9.17, 15) is 4.79 Å². The summed E-state index contributed by atoms with van der Waals surface area (Å²) in [4.78, 5) is 25.2. The summed E-state index contributed by atoms with van der Waals surface area (Å²) in [7, 11) is 1.46. The predicted octanol–water partition coefficient (Wildman–Crippen LogP) is 2.10. The van der Waals surface area contributed by atoms with Gasteiger partial charge < -0.3 is 14.5 Å². The number of hydrogen-bond acceptors (Lipinski definition) is 6. The van der Waals surface area contributed by atoms with Crippen molar-refractivity contribution in [2.75, 3.05) is 43.1 Å². The van der Waals surface area contributed by atoms with E-state index in [4.69, 9.17) is 4.74 Å². The van der Waals surface area contributed by atoms with Gasteiger partial charge in [0.15, 0.2) is 0 Å². The fourth-order valence-electron chi connectivity index (χ4n) is 3.62. The Labute approximate surface area is 137 Å². The number of aromatic nitrogens is 2. The molecule has 2 aliphatic heterocycles. The second kappa shape index (κ2) is 7.15. The molecule has 126 valence electrons. The zero-order valence-corrected chi connectivity index (χ0v) is 14.1. The van der Waals surface area contributed by atoms with Crippen LogP contribution in [0.3, 0.4) is 0 Å². The standard InChI is InChI=1S/C17H26N4O2/c1-13-5-3-7-20(10-13)15-9-16(19-12-18-15)21-8-4-6-14(11-21)17(22)23-2/h9,12-14H,3-8,10-11H2,1-2H3/t13?,14-/m1/s1. The van der Waals surface area contributed by atoms with Gasteiger partial charge in [-0.1, -0.05) is 6.92 Å². The molecule has 1 unspecified atom stereocenters. The van der Waals surface area contributed by atoms with Crippen LogP contribution < -0.4 is 9.80 Å². The molecule has 2 saturated heterocycles. The summed E-state index contributed by atoms with van der Waals surface area (Å²) >= 11 is 0. The molecule has 0 bridgehead atoms. The van der Waals surface area contributed by atoms with E-state index in [1.54, 1.807) is 6.33 Å². The Hall–Kier alpha value is -1.85. The second-order valence-electron chi connectivity index (χ2n) is 6.74. The highest BCUT2D eigenvalue weighted by Crippen LogP contribution is 2.26. The number of anilines is 2. The fraction of sp³-hybridized carbons (Fsp3) is 0.706. The van der Waals surface area contributed by atoms with Crippen LogP contribution in [0.4, 0.5) is 11.6 Å². The number of piperidine rings is 2. The van der Waals surface area contributed by atoms with Gasteiger partial charge in [-0.15, -0.1) is 0 Å². The van der Waals surface area contributed by atoms with Crippen LogP contribution >= 0.6 is 0 Å². The van der Waals surface area contributed by atoms with Crippen LogP contribution in [0.2, 0.25) is 0 Å². The molecule has 0 spiro atoms. The van der Waals surface area contributed by atoms with Crippen LogP contribution in [0, 0.1) is 11.8 Å². The molecule has 0 N–H and O–H groups in total. The molecule has 6 heteroatoms. The summed E-state index contributed by atoms with van der Waals surface area (Å²) in [5.74, 6) is 2.46. The molecule has 3 rings (SSSR count). The van der Waals surface area contributed by atoms with Gasteiger partial charge in [-0.3, -0.25) is 4.79 Å². The maximum Gasteiger partial charge on any atom is 0.310 e. The predicted molar refractivity (Wildman–Crippen MR) is 89.6 cm³/mol. The molecular formula is C17H26N4O2. The lowest BCUT2D eigenvalue weighted by molar-refractivity contribution is -0.145.